The maximum atomic E-state index is 13.0. The summed E-state index contributed by atoms with van der Waals surface area (Å²) in [5.74, 6) is -0.452. The number of rotatable bonds is 4. The van der Waals surface area contributed by atoms with E-state index >= 15 is 0 Å². The van der Waals surface area contributed by atoms with Crippen molar-refractivity contribution in [2.24, 2.45) is 0 Å². The lowest BCUT2D eigenvalue weighted by atomic mass is 10.3. The van der Waals surface area contributed by atoms with Gasteiger partial charge in [-0.2, -0.15) is 0 Å². The molecule has 2 rings (SSSR count). The van der Waals surface area contributed by atoms with Crippen LogP contribution in [0.25, 0.3) is 0 Å². The first-order valence-corrected chi connectivity index (χ1v) is 6.37. The summed E-state index contributed by atoms with van der Waals surface area (Å²) in [6.45, 7) is 0. The van der Waals surface area contributed by atoms with Gasteiger partial charge in [-0.15, -0.1) is 0 Å². The molecule has 0 heterocycles. The molecule has 0 aliphatic heterocycles. The van der Waals surface area contributed by atoms with Gasteiger partial charge >= 0.3 is 0 Å². The summed E-state index contributed by atoms with van der Waals surface area (Å²) < 4.78 is 44.1. The van der Waals surface area contributed by atoms with Gasteiger partial charge in [-0.05, 0) is 31.0 Å². The Morgan fingerprint density at radius 3 is 2.69 bits per heavy atom. The summed E-state index contributed by atoms with van der Waals surface area (Å²) in [5, 5.41) is 0. The zero-order valence-corrected chi connectivity index (χ0v) is 9.55. The van der Waals surface area contributed by atoms with Crippen LogP contribution in [0.4, 0.5) is 4.39 Å². The Bertz CT molecular complexity index is 497. The van der Waals surface area contributed by atoms with Crippen LogP contribution in [-0.2, 0) is 10.0 Å². The molecule has 0 spiro atoms. The van der Waals surface area contributed by atoms with Gasteiger partial charge in [-0.25, -0.2) is 17.5 Å². The van der Waals surface area contributed by atoms with Crippen LogP contribution in [0.3, 0.4) is 0 Å². The van der Waals surface area contributed by atoms with Crippen molar-refractivity contribution < 1.29 is 17.5 Å². The van der Waals surface area contributed by atoms with Crippen molar-refractivity contribution in [1.29, 1.82) is 0 Å². The Morgan fingerprint density at radius 1 is 1.44 bits per heavy atom. The fraction of sp³-hybridized carbons (Fsp3) is 0.400. The quantitative estimate of drug-likeness (QED) is 0.869. The second-order valence-electron chi connectivity index (χ2n) is 3.69. The highest BCUT2D eigenvalue weighted by Crippen LogP contribution is 2.27. The minimum atomic E-state index is -3.68. The highest BCUT2D eigenvalue weighted by atomic mass is 32.2. The van der Waals surface area contributed by atoms with Gasteiger partial charge in [0.15, 0.2) is 0 Å². The van der Waals surface area contributed by atoms with E-state index in [0.717, 1.165) is 25.0 Å². The molecule has 1 fully saturated rings. The predicted octanol–water partition coefficient (Wildman–Crippen LogP) is 1.27. The van der Waals surface area contributed by atoms with Gasteiger partial charge in [-0.1, -0.05) is 0 Å². The number of nitrogens with one attached hydrogen (secondary N) is 1. The molecule has 1 aromatic rings. The van der Waals surface area contributed by atoms with E-state index in [1.54, 1.807) is 0 Å². The van der Waals surface area contributed by atoms with E-state index in [1.165, 1.54) is 13.2 Å². The first-order valence-electron chi connectivity index (χ1n) is 4.89. The summed E-state index contributed by atoms with van der Waals surface area (Å²) in [6.07, 6.45) is 1.66. The number of benzene rings is 1. The first-order chi connectivity index (χ1) is 7.53. The van der Waals surface area contributed by atoms with Crippen molar-refractivity contribution in [3.05, 3.63) is 24.0 Å². The maximum Gasteiger partial charge on any atom is 0.244 e. The Kier molecular flexibility index (Phi) is 2.86. The molecular formula is C10H12FNO3S. The number of ether oxygens (including phenoxy) is 1. The zero-order valence-electron chi connectivity index (χ0n) is 8.73. The van der Waals surface area contributed by atoms with Crippen LogP contribution in [0.15, 0.2) is 23.1 Å². The summed E-state index contributed by atoms with van der Waals surface area (Å²) in [6, 6.07) is 3.41. The lowest BCUT2D eigenvalue weighted by Crippen LogP contribution is -2.26. The third-order valence-corrected chi connectivity index (χ3v) is 3.86. The highest BCUT2D eigenvalue weighted by Gasteiger charge is 2.29. The predicted molar refractivity (Wildman–Crippen MR) is 56.3 cm³/mol. The lowest BCUT2D eigenvalue weighted by molar-refractivity contribution is 0.400. The average molecular weight is 245 g/mol. The zero-order chi connectivity index (χ0) is 11.8. The molecular weight excluding hydrogens is 233 g/mol. The topological polar surface area (TPSA) is 55.4 Å². The summed E-state index contributed by atoms with van der Waals surface area (Å²) in [7, 11) is -2.33. The number of hydrogen-bond acceptors (Lipinski definition) is 3. The van der Waals surface area contributed by atoms with Crippen molar-refractivity contribution in [3.63, 3.8) is 0 Å². The molecule has 6 heteroatoms. The van der Waals surface area contributed by atoms with E-state index in [9.17, 15) is 12.8 Å². The fourth-order valence-electron chi connectivity index (χ4n) is 1.34. The molecule has 1 saturated carbocycles. The second-order valence-corrected chi connectivity index (χ2v) is 5.37. The molecule has 0 aromatic heterocycles. The van der Waals surface area contributed by atoms with Gasteiger partial charge in [0.25, 0.3) is 0 Å². The smallest absolute Gasteiger partial charge is 0.244 e. The SMILES string of the molecule is COc1ccc(F)cc1S(=O)(=O)NC1CC1. The molecule has 16 heavy (non-hydrogen) atoms. The molecule has 1 N–H and O–H groups in total. The van der Waals surface area contributed by atoms with Crippen molar-refractivity contribution in [3.8, 4) is 5.75 Å². The molecule has 0 saturated heterocycles. The summed E-state index contributed by atoms with van der Waals surface area (Å²) in [4.78, 5) is -0.151. The van der Waals surface area contributed by atoms with Crippen molar-refractivity contribution in [2.45, 2.75) is 23.8 Å². The third-order valence-electron chi connectivity index (χ3n) is 2.31. The van der Waals surface area contributed by atoms with Crippen LogP contribution in [0.1, 0.15) is 12.8 Å². The van der Waals surface area contributed by atoms with Gasteiger partial charge in [0.2, 0.25) is 10.0 Å². The number of methoxy groups -OCH3 is 1. The van der Waals surface area contributed by atoms with Gasteiger partial charge in [0.05, 0.1) is 7.11 Å². The summed E-state index contributed by atoms with van der Waals surface area (Å²) >= 11 is 0. The van der Waals surface area contributed by atoms with Crippen LogP contribution >= 0.6 is 0 Å². The van der Waals surface area contributed by atoms with Crippen LogP contribution in [0.5, 0.6) is 5.75 Å². The monoisotopic (exact) mass is 245 g/mol. The van der Waals surface area contributed by atoms with E-state index in [2.05, 4.69) is 4.72 Å². The molecule has 0 atom stereocenters. The van der Waals surface area contributed by atoms with E-state index in [1.807, 2.05) is 0 Å². The Hall–Kier alpha value is -1.14. The van der Waals surface area contributed by atoms with Crippen LogP contribution in [0, 0.1) is 5.82 Å². The first kappa shape index (κ1) is 11.3. The average Bonchev–Trinajstić information content (AvgIpc) is 3.01. The fourth-order valence-corrected chi connectivity index (χ4v) is 2.83. The number of hydrogen-bond donors (Lipinski definition) is 1. The minimum absolute atomic E-state index is 0.0158. The Balaban J connectivity index is 2.40. The van der Waals surface area contributed by atoms with Crippen molar-refractivity contribution in [2.75, 3.05) is 7.11 Å². The van der Waals surface area contributed by atoms with Crippen molar-refractivity contribution in [1.82, 2.24) is 4.72 Å². The van der Waals surface area contributed by atoms with Crippen LogP contribution in [-0.4, -0.2) is 21.6 Å². The molecule has 1 aliphatic carbocycles. The van der Waals surface area contributed by atoms with Crippen LogP contribution < -0.4 is 9.46 Å². The van der Waals surface area contributed by atoms with Gasteiger partial charge in [0, 0.05) is 6.04 Å². The van der Waals surface area contributed by atoms with Gasteiger partial charge in [-0.3, -0.25) is 0 Å². The molecule has 0 unspecified atom stereocenters. The van der Waals surface area contributed by atoms with E-state index in [4.69, 9.17) is 4.74 Å². The van der Waals surface area contributed by atoms with Gasteiger partial charge in [0.1, 0.15) is 16.5 Å². The van der Waals surface area contributed by atoms with E-state index in [0.29, 0.717) is 0 Å². The standard InChI is InChI=1S/C10H12FNO3S/c1-15-9-5-2-7(11)6-10(9)16(13,14)12-8-3-4-8/h2,5-6,8,12H,3-4H2,1H3. The molecule has 0 radical (unpaired) electrons. The lowest BCUT2D eigenvalue weighted by Gasteiger charge is -2.09. The largest absolute Gasteiger partial charge is 0.495 e. The third kappa shape index (κ3) is 2.33. The van der Waals surface area contributed by atoms with E-state index < -0.39 is 15.8 Å². The maximum absolute atomic E-state index is 13.0. The molecule has 0 amide bonds. The molecule has 0 bridgehead atoms. The molecule has 1 aliphatic rings. The highest BCUT2D eigenvalue weighted by molar-refractivity contribution is 7.89. The Morgan fingerprint density at radius 2 is 2.12 bits per heavy atom. The van der Waals surface area contributed by atoms with E-state index in [-0.39, 0.29) is 16.7 Å². The second kappa shape index (κ2) is 4.03. The molecule has 88 valence electrons. The van der Waals surface area contributed by atoms with Crippen molar-refractivity contribution >= 4 is 10.0 Å². The Labute approximate surface area is 93.5 Å². The number of halogens is 1. The normalized spacial score (nSPS) is 16.1. The molecule has 1 aromatic carbocycles. The molecule has 4 nitrogen and oxygen atoms in total. The minimum Gasteiger partial charge on any atom is -0.495 e. The summed E-state index contributed by atoms with van der Waals surface area (Å²) in [5.41, 5.74) is 0. The number of sulfonamides is 1. The van der Waals surface area contributed by atoms with Crippen LogP contribution in [0.2, 0.25) is 0 Å². The van der Waals surface area contributed by atoms with Gasteiger partial charge < -0.3 is 4.74 Å².